The average molecular weight is 230 g/mol. The number of hydrazone groups is 1. The smallest absolute Gasteiger partial charge is 0.256 e. The molecule has 1 aromatic carbocycles. The number of para-hydroxylation sites is 1. The first kappa shape index (κ1) is 11.5. The summed E-state index contributed by atoms with van der Waals surface area (Å²) < 4.78 is 0. The molecule has 0 unspecified atom stereocenters. The van der Waals surface area contributed by atoms with Crippen molar-refractivity contribution >= 4 is 23.1 Å². The number of benzene rings is 1. The fraction of sp³-hybridized carbons (Fsp3) is 0.308. The zero-order valence-electron chi connectivity index (χ0n) is 9.88. The third-order valence-electron chi connectivity index (χ3n) is 2.76. The zero-order chi connectivity index (χ0) is 12.4. The summed E-state index contributed by atoms with van der Waals surface area (Å²) in [6.07, 6.45) is 0.234. The lowest BCUT2D eigenvalue weighted by molar-refractivity contribution is -0.124. The maximum absolute atomic E-state index is 12.1. The molecule has 0 aromatic heterocycles. The van der Waals surface area contributed by atoms with Crippen LogP contribution in [0.4, 0.5) is 5.69 Å². The highest BCUT2D eigenvalue weighted by atomic mass is 16.2. The van der Waals surface area contributed by atoms with Gasteiger partial charge in [-0.05, 0) is 26.0 Å². The molecule has 1 heterocycles. The van der Waals surface area contributed by atoms with Crippen LogP contribution < -0.4 is 5.01 Å². The molecule has 1 aliphatic rings. The lowest BCUT2D eigenvalue weighted by atomic mass is 9.98. The van der Waals surface area contributed by atoms with Gasteiger partial charge in [0.05, 0.1) is 11.6 Å². The van der Waals surface area contributed by atoms with Crippen molar-refractivity contribution in [3.63, 3.8) is 0 Å². The summed E-state index contributed by atoms with van der Waals surface area (Å²) in [4.78, 5) is 23.2. The zero-order valence-corrected chi connectivity index (χ0v) is 9.88. The summed E-state index contributed by atoms with van der Waals surface area (Å²) in [5.41, 5.74) is 1.44. The number of amides is 1. The molecule has 1 aliphatic heterocycles. The number of rotatable bonds is 3. The Bertz CT molecular complexity index is 479. The van der Waals surface area contributed by atoms with E-state index in [1.165, 1.54) is 11.9 Å². The standard InChI is InChI=1S/C13H14N2O2/c1-9(16)8-12-10(2)14-15(13(12)17)11-6-4-3-5-7-11/h3-7,12H,8H2,1-2H3/t12-/m1/s1. The molecule has 0 saturated heterocycles. The largest absolute Gasteiger partial charge is 0.300 e. The maximum Gasteiger partial charge on any atom is 0.256 e. The van der Waals surface area contributed by atoms with E-state index in [1.54, 1.807) is 6.92 Å². The first-order valence-corrected chi connectivity index (χ1v) is 5.53. The number of hydrogen-bond acceptors (Lipinski definition) is 3. The van der Waals surface area contributed by atoms with Gasteiger partial charge in [0, 0.05) is 12.1 Å². The van der Waals surface area contributed by atoms with Crippen molar-refractivity contribution in [3.8, 4) is 0 Å². The SMILES string of the molecule is CC(=O)C[C@H]1C(=O)N(c2ccccc2)N=C1C. The van der Waals surface area contributed by atoms with Crippen LogP contribution in [-0.2, 0) is 9.59 Å². The lowest BCUT2D eigenvalue weighted by Crippen LogP contribution is -2.28. The highest BCUT2D eigenvalue weighted by molar-refractivity contribution is 6.16. The van der Waals surface area contributed by atoms with Gasteiger partial charge in [0.25, 0.3) is 5.91 Å². The average Bonchev–Trinajstić information content (AvgIpc) is 2.58. The normalized spacial score (nSPS) is 19.4. The van der Waals surface area contributed by atoms with Gasteiger partial charge in [-0.2, -0.15) is 5.10 Å². The predicted octanol–water partition coefficient (Wildman–Crippen LogP) is 2.00. The Hall–Kier alpha value is -1.97. The molecule has 88 valence electrons. The minimum Gasteiger partial charge on any atom is -0.300 e. The van der Waals surface area contributed by atoms with Crippen molar-refractivity contribution < 1.29 is 9.59 Å². The molecule has 0 N–H and O–H groups in total. The Kier molecular flexibility index (Phi) is 3.04. The van der Waals surface area contributed by atoms with E-state index in [-0.39, 0.29) is 18.1 Å². The van der Waals surface area contributed by atoms with E-state index < -0.39 is 5.92 Å². The fourth-order valence-electron chi connectivity index (χ4n) is 1.88. The first-order chi connectivity index (χ1) is 8.09. The monoisotopic (exact) mass is 230 g/mol. The Labute approximate surface area is 99.9 Å². The topological polar surface area (TPSA) is 49.7 Å². The van der Waals surface area contributed by atoms with Crippen LogP contribution in [0.2, 0.25) is 0 Å². The Morgan fingerprint density at radius 3 is 2.59 bits per heavy atom. The second kappa shape index (κ2) is 4.49. The summed E-state index contributed by atoms with van der Waals surface area (Å²) in [7, 11) is 0. The van der Waals surface area contributed by atoms with Crippen molar-refractivity contribution in [2.24, 2.45) is 11.0 Å². The molecule has 4 heteroatoms. The van der Waals surface area contributed by atoms with E-state index >= 15 is 0 Å². The van der Waals surface area contributed by atoms with Gasteiger partial charge in [0.2, 0.25) is 0 Å². The minimum atomic E-state index is -0.396. The molecular weight excluding hydrogens is 216 g/mol. The number of anilines is 1. The number of hydrogen-bond donors (Lipinski definition) is 0. The maximum atomic E-state index is 12.1. The molecule has 0 radical (unpaired) electrons. The van der Waals surface area contributed by atoms with Crippen molar-refractivity contribution in [3.05, 3.63) is 30.3 Å². The Morgan fingerprint density at radius 1 is 1.35 bits per heavy atom. The highest BCUT2D eigenvalue weighted by Gasteiger charge is 2.34. The van der Waals surface area contributed by atoms with E-state index in [9.17, 15) is 9.59 Å². The highest BCUT2D eigenvalue weighted by Crippen LogP contribution is 2.25. The molecule has 0 bridgehead atoms. The van der Waals surface area contributed by atoms with Gasteiger partial charge in [-0.1, -0.05) is 18.2 Å². The molecule has 1 aromatic rings. The van der Waals surface area contributed by atoms with Crippen LogP contribution >= 0.6 is 0 Å². The molecule has 4 nitrogen and oxygen atoms in total. The van der Waals surface area contributed by atoms with E-state index in [4.69, 9.17) is 0 Å². The van der Waals surface area contributed by atoms with Crippen molar-refractivity contribution in [1.82, 2.24) is 0 Å². The molecule has 2 rings (SSSR count). The van der Waals surface area contributed by atoms with Gasteiger partial charge < -0.3 is 0 Å². The lowest BCUT2D eigenvalue weighted by Gasteiger charge is -2.13. The molecule has 1 amide bonds. The fourth-order valence-corrected chi connectivity index (χ4v) is 1.88. The van der Waals surface area contributed by atoms with E-state index in [0.717, 1.165) is 5.69 Å². The molecule has 0 saturated carbocycles. The van der Waals surface area contributed by atoms with Crippen LogP contribution in [0.25, 0.3) is 0 Å². The second-order valence-electron chi connectivity index (χ2n) is 4.19. The summed E-state index contributed by atoms with van der Waals surface area (Å²) in [5, 5.41) is 5.60. The minimum absolute atomic E-state index is 0.00723. The van der Waals surface area contributed by atoms with Gasteiger partial charge >= 0.3 is 0 Å². The van der Waals surface area contributed by atoms with Crippen molar-refractivity contribution in [1.29, 1.82) is 0 Å². The van der Waals surface area contributed by atoms with Crippen LogP contribution in [0.1, 0.15) is 20.3 Å². The summed E-state index contributed by atoms with van der Waals surface area (Å²) in [5.74, 6) is -0.510. The van der Waals surface area contributed by atoms with Crippen LogP contribution in [0.3, 0.4) is 0 Å². The van der Waals surface area contributed by atoms with E-state index in [1.807, 2.05) is 30.3 Å². The van der Waals surface area contributed by atoms with Gasteiger partial charge in [-0.15, -0.1) is 0 Å². The number of carbonyl (C=O) groups excluding carboxylic acids is 2. The van der Waals surface area contributed by atoms with Crippen LogP contribution in [0.5, 0.6) is 0 Å². The molecule has 0 spiro atoms. The molecule has 1 atom stereocenters. The van der Waals surface area contributed by atoms with Crippen LogP contribution in [0.15, 0.2) is 35.4 Å². The van der Waals surface area contributed by atoms with E-state index in [2.05, 4.69) is 5.10 Å². The van der Waals surface area contributed by atoms with Crippen LogP contribution in [-0.4, -0.2) is 17.4 Å². The third kappa shape index (κ3) is 2.25. The van der Waals surface area contributed by atoms with Gasteiger partial charge in [0.15, 0.2) is 0 Å². The summed E-state index contributed by atoms with van der Waals surface area (Å²) >= 11 is 0. The van der Waals surface area contributed by atoms with Crippen molar-refractivity contribution in [2.45, 2.75) is 20.3 Å². The summed E-state index contributed by atoms with van der Waals surface area (Å²) in [6, 6.07) is 9.24. The quantitative estimate of drug-likeness (QED) is 0.797. The van der Waals surface area contributed by atoms with Gasteiger partial charge in [-0.25, -0.2) is 5.01 Å². The predicted molar refractivity (Wildman–Crippen MR) is 65.8 cm³/mol. The van der Waals surface area contributed by atoms with Gasteiger partial charge in [-0.3, -0.25) is 9.59 Å². The number of carbonyl (C=O) groups is 2. The Morgan fingerprint density at radius 2 is 2.00 bits per heavy atom. The number of ketones is 1. The van der Waals surface area contributed by atoms with Gasteiger partial charge in [0.1, 0.15) is 5.78 Å². The van der Waals surface area contributed by atoms with Crippen molar-refractivity contribution in [2.75, 3.05) is 5.01 Å². The van der Waals surface area contributed by atoms with E-state index in [0.29, 0.717) is 5.71 Å². The molecule has 0 fully saturated rings. The Balaban J connectivity index is 2.24. The van der Waals surface area contributed by atoms with Crippen LogP contribution in [0, 0.1) is 5.92 Å². The molecule has 0 aliphatic carbocycles. The number of nitrogens with zero attached hydrogens (tertiary/aromatic N) is 2. The second-order valence-corrected chi connectivity index (χ2v) is 4.19. The first-order valence-electron chi connectivity index (χ1n) is 5.53. The molecular formula is C13H14N2O2. The summed E-state index contributed by atoms with van der Waals surface area (Å²) in [6.45, 7) is 3.28. The molecule has 17 heavy (non-hydrogen) atoms. The third-order valence-corrected chi connectivity index (χ3v) is 2.76. The number of Topliss-reactive ketones (excluding diaryl/α,β-unsaturated/α-hetero) is 1.